The summed E-state index contributed by atoms with van der Waals surface area (Å²) in [7, 11) is 1.25. The monoisotopic (exact) mass is 468 g/mol. The maximum absolute atomic E-state index is 12.6. The molecule has 0 aliphatic carbocycles. The fourth-order valence-corrected chi connectivity index (χ4v) is 4.79. The number of allylic oxidation sites excluding steroid dienone is 1. The van der Waals surface area contributed by atoms with E-state index in [0.717, 1.165) is 34.1 Å². The number of rotatable bonds is 11. The number of carbonyl (C=O) groups excluding carboxylic acids is 2. The highest BCUT2D eigenvalue weighted by Crippen LogP contribution is 2.29. The van der Waals surface area contributed by atoms with Gasteiger partial charge >= 0.3 is 5.97 Å². The highest BCUT2D eigenvalue weighted by molar-refractivity contribution is 7.17. The molecule has 33 heavy (non-hydrogen) atoms. The van der Waals surface area contributed by atoms with Gasteiger partial charge in [-0.05, 0) is 70.8 Å². The van der Waals surface area contributed by atoms with Crippen molar-refractivity contribution in [2.24, 2.45) is 5.92 Å². The predicted molar refractivity (Wildman–Crippen MR) is 129 cm³/mol. The molecule has 0 saturated heterocycles. The van der Waals surface area contributed by atoms with Gasteiger partial charge in [-0.1, -0.05) is 24.8 Å². The Kier molecular flexibility index (Phi) is 8.25. The number of aromatic hydroxyl groups is 2. The first-order valence-corrected chi connectivity index (χ1v) is 11.6. The van der Waals surface area contributed by atoms with E-state index >= 15 is 0 Å². The minimum Gasteiger partial charge on any atom is -0.508 e. The second kappa shape index (κ2) is 11.1. The molecule has 174 valence electrons. The normalized spacial score (nSPS) is 11.9. The van der Waals surface area contributed by atoms with Crippen LogP contribution in [0, 0.1) is 5.92 Å². The van der Waals surface area contributed by atoms with E-state index in [4.69, 9.17) is 0 Å². The lowest BCUT2D eigenvalue weighted by atomic mass is 9.95. The van der Waals surface area contributed by atoms with E-state index in [0.29, 0.717) is 12.0 Å². The molecule has 3 N–H and O–H groups in total. The maximum atomic E-state index is 12.6. The fraction of sp³-hybridized carbons (Fsp3) is 0.308. The molecule has 1 heterocycles. The molecular weight excluding hydrogens is 440 g/mol. The van der Waals surface area contributed by atoms with Crippen molar-refractivity contribution in [1.82, 2.24) is 0 Å². The maximum Gasteiger partial charge on any atom is 0.311 e. The van der Waals surface area contributed by atoms with E-state index < -0.39 is 18.5 Å². The van der Waals surface area contributed by atoms with Crippen LogP contribution in [0.1, 0.15) is 29.5 Å². The van der Waals surface area contributed by atoms with E-state index in [1.807, 2.05) is 17.5 Å². The molecule has 6 nitrogen and oxygen atoms in total. The number of aliphatic hydroxyl groups is 1. The van der Waals surface area contributed by atoms with Gasteiger partial charge in [-0.3, -0.25) is 9.59 Å². The summed E-state index contributed by atoms with van der Waals surface area (Å²) in [5.74, 6) is -1.34. The summed E-state index contributed by atoms with van der Waals surface area (Å²) in [4.78, 5) is 24.3. The number of ether oxygens (including phenoxy) is 1. The van der Waals surface area contributed by atoms with Gasteiger partial charge < -0.3 is 20.1 Å². The number of methoxy groups -OCH3 is 1. The number of thiophene rings is 1. The Morgan fingerprint density at radius 2 is 1.88 bits per heavy atom. The van der Waals surface area contributed by atoms with Crippen molar-refractivity contribution in [3.8, 4) is 11.5 Å². The van der Waals surface area contributed by atoms with Crippen molar-refractivity contribution in [1.29, 1.82) is 0 Å². The zero-order chi connectivity index (χ0) is 24.0. The van der Waals surface area contributed by atoms with Crippen LogP contribution in [0.3, 0.4) is 0 Å². The molecule has 0 spiro atoms. The molecule has 0 radical (unpaired) electrons. The Morgan fingerprint density at radius 1 is 1.09 bits per heavy atom. The first kappa shape index (κ1) is 24.5. The second-order valence-corrected chi connectivity index (χ2v) is 8.98. The Labute approximate surface area is 196 Å². The van der Waals surface area contributed by atoms with Crippen LogP contribution in [0.25, 0.3) is 10.1 Å². The van der Waals surface area contributed by atoms with Crippen molar-refractivity contribution >= 4 is 33.2 Å². The molecule has 1 unspecified atom stereocenters. The largest absolute Gasteiger partial charge is 0.508 e. The average Bonchev–Trinajstić information content (AvgIpc) is 3.20. The topological polar surface area (TPSA) is 104 Å². The van der Waals surface area contributed by atoms with Gasteiger partial charge in [0.1, 0.15) is 11.5 Å². The summed E-state index contributed by atoms with van der Waals surface area (Å²) in [6.45, 7) is 3.41. The highest BCUT2D eigenvalue weighted by atomic mass is 32.1. The summed E-state index contributed by atoms with van der Waals surface area (Å²) in [6.07, 6.45) is 2.67. The van der Waals surface area contributed by atoms with Gasteiger partial charge in [0.2, 0.25) is 0 Å². The molecule has 3 aromatic rings. The van der Waals surface area contributed by atoms with Crippen LogP contribution < -0.4 is 0 Å². The van der Waals surface area contributed by atoms with E-state index in [1.54, 1.807) is 23.5 Å². The van der Waals surface area contributed by atoms with Crippen LogP contribution in [-0.4, -0.2) is 40.8 Å². The van der Waals surface area contributed by atoms with Crippen molar-refractivity contribution < 1.29 is 29.6 Å². The van der Waals surface area contributed by atoms with Crippen molar-refractivity contribution in [2.45, 2.75) is 32.1 Å². The van der Waals surface area contributed by atoms with Crippen LogP contribution in [0.4, 0.5) is 0 Å². The third-order valence-corrected chi connectivity index (χ3v) is 6.69. The van der Waals surface area contributed by atoms with Crippen LogP contribution in [0.5, 0.6) is 11.5 Å². The number of aliphatic hydroxyl groups excluding tert-OH is 1. The third kappa shape index (κ3) is 6.21. The number of ketones is 1. The molecule has 1 atom stereocenters. The van der Waals surface area contributed by atoms with Gasteiger partial charge in [-0.2, -0.15) is 0 Å². The Hall–Kier alpha value is -3.16. The standard InChI is InChI=1S/C26H28O6S/c1-16(10-19(14-27)26(31)32-2)23(29)12-20-15-33-25-11-17(6-9-22(20)25)4-3-5-18-7-8-21(28)13-24(18)30/h6-9,11,13,15,19,27-28,30H,1,3-5,10,12,14H2,2H3. The van der Waals surface area contributed by atoms with E-state index in [1.165, 1.54) is 18.7 Å². The molecule has 0 amide bonds. The predicted octanol–water partition coefficient (Wildman–Crippen LogP) is 4.33. The number of fused-ring (bicyclic) bond motifs is 1. The highest BCUT2D eigenvalue weighted by Gasteiger charge is 2.22. The molecule has 1 aromatic heterocycles. The first-order valence-electron chi connectivity index (χ1n) is 10.7. The lowest BCUT2D eigenvalue weighted by Crippen LogP contribution is -2.22. The summed E-state index contributed by atoms with van der Waals surface area (Å²) >= 11 is 1.58. The van der Waals surface area contributed by atoms with E-state index in [2.05, 4.69) is 17.4 Å². The lowest BCUT2D eigenvalue weighted by molar-refractivity contribution is -0.146. The van der Waals surface area contributed by atoms with Gasteiger partial charge in [-0.25, -0.2) is 0 Å². The Balaban J connectivity index is 1.60. The van der Waals surface area contributed by atoms with Gasteiger partial charge in [0, 0.05) is 17.2 Å². The molecule has 3 rings (SSSR count). The fourth-order valence-electron chi connectivity index (χ4n) is 3.76. The molecule has 0 saturated carbocycles. The zero-order valence-corrected chi connectivity index (χ0v) is 19.4. The van der Waals surface area contributed by atoms with Gasteiger partial charge in [0.25, 0.3) is 0 Å². The number of phenolic OH excluding ortho intramolecular Hbond substituents is 2. The van der Waals surface area contributed by atoms with Crippen LogP contribution in [0.15, 0.2) is 53.9 Å². The Morgan fingerprint density at radius 3 is 2.58 bits per heavy atom. The van der Waals surface area contributed by atoms with Gasteiger partial charge in [0.05, 0.1) is 19.6 Å². The molecule has 2 aromatic carbocycles. The van der Waals surface area contributed by atoms with Crippen molar-refractivity contribution in [3.63, 3.8) is 0 Å². The van der Waals surface area contributed by atoms with E-state index in [-0.39, 0.29) is 30.1 Å². The zero-order valence-electron chi connectivity index (χ0n) is 18.5. The van der Waals surface area contributed by atoms with Crippen molar-refractivity contribution in [2.75, 3.05) is 13.7 Å². The summed E-state index contributed by atoms with van der Waals surface area (Å²) < 4.78 is 5.74. The first-order chi connectivity index (χ1) is 15.8. The smallest absolute Gasteiger partial charge is 0.311 e. The number of hydrogen-bond acceptors (Lipinski definition) is 7. The van der Waals surface area contributed by atoms with Crippen molar-refractivity contribution in [3.05, 3.63) is 70.6 Å². The van der Waals surface area contributed by atoms with Gasteiger partial charge in [0.15, 0.2) is 5.78 Å². The third-order valence-electron chi connectivity index (χ3n) is 5.69. The number of Topliss-reactive ketones (excluding diaryl/α,β-unsaturated/α-hetero) is 1. The van der Waals surface area contributed by atoms with E-state index in [9.17, 15) is 24.9 Å². The minimum absolute atomic E-state index is 0.0499. The number of aryl methyl sites for hydroxylation is 2. The summed E-state index contributed by atoms with van der Waals surface area (Å²) in [5, 5.41) is 31.7. The Bertz CT molecular complexity index is 1160. The van der Waals surface area contributed by atoms with Crippen LogP contribution in [-0.2, 0) is 33.6 Å². The van der Waals surface area contributed by atoms with Crippen LogP contribution >= 0.6 is 11.3 Å². The second-order valence-electron chi connectivity index (χ2n) is 8.07. The molecule has 7 heteroatoms. The number of hydrogen-bond donors (Lipinski definition) is 3. The molecule has 0 aliphatic rings. The molecule has 0 bridgehead atoms. The molecule has 0 aliphatic heterocycles. The summed E-state index contributed by atoms with van der Waals surface area (Å²) in [6, 6.07) is 10.9. The molecule has 0 fully saturated rings. The lowest BCUT2D eigenvalue weighted by Gasteiger charge is -2.12. The number of benzene rings is 2. The summed E-state index contributed by atoms with van der Waals surface area (Å²) in [5.41, 5.74) is 3.20. The number of esters is 1. The number of carbonyl (C=O) groups is 2. The van der Waals surface area contributed by atoms with Crippen LogP contribution in [0.2, 0.25) is 0 Å². The average molecular weight is 469 g/mol. The van der Waals surface area contributed by atoms with Gasteiger partial charge in [-0.15, -0.1) is 11.3 Å². The SMILES string of the molecule is C=C(CC(CO)C(=O)OC)C(=O)Cc1csc2cc(CCCc3ccc(O)cc3O)ccc12. The number of phenols is 2. The molecular formula is C26H28O6S. The minimum atomic E-state index is -0.781. The quantitative estimate of drug-likeness (QED) is 0.286.